The van der Waals surface area contributed by atoms with Crippen molar-refractivity contribution in [1.82, 2.24) is 0 Å². The van der Waals surface area contributed by atoms with E-state index in [1.165, 1.54) is 0 Å². The predicted molar refractivity (Wildman–Crippen MR) is 87.0 cm³/mol. The summed E-state index contributed by atoms with van der Waals surface area (Å²) in [6.07, 6.45) is 4.35. The average Bonchev–Trinajstić information content (AvgIpc) is 2.49. The van der Waals surface area contributed by atoms with Gasteiger partial charge in [-0.25, -0.2) is 19.2 Å². The molecule has 0 saturated carbocycles. The summed E-state index contributed by atoms with van der Waals surface area (Å²) >= 11 is 0. The van der Waals surface area contributed by atoms with Crippen LogP contribution in [0.3, 0.4) is 0 Å². The van der Waals surface area contributed by atoms with E-state index in [0.717, 1.165) is 24.3 Å². The van der Waals surface area contributed by atoms with Gasteiger partial charge in [-0.1, -0.05) is 24.3 Å². The highest BCUT2D eigenvalue weighted by molar-refractivity contribution is 5.83. The summed E-state index contributed by atoms with van der Waals surface area (Å²) in [6, 6.07) is 0. The van der Waals surface area contributed by atoms with Crippen LogP contribution in [0.25, 0.3) is 0 Å². The van der Waals surface area contributed by atoms with Gasteiger partial charge in [0.05, 0.1) is 0 Å². The molecule has 1 unspecified atom stereocenters. The molecule has 0 aromatic rings. The molecular weight excluding hydrogens is 368 g/mol. The van der Waals surface area contributed by atoms with Gasteiger partial charge < -0.3 is 35.7 Å². The number of aliphatic carboxylic acids is 4. The highest BCUT2D eigenvalue weighted by Gasteiger charge is 2.37. The Labute approximate surface area is 152 Å². The molecule has 0 amide bonds. The zero-order chi connectivity index (χ0) is 21.3. The Balaban J connectivity index is 6.66. The topological polar surface area (TPSA) is 210 Å². The third-order valence-corrected chi connectivity index (χ3v) is 3.15. The van der Waals surface area contributed by atoms with Crippen molar-refractivity contribution in [3.05, 3.63) is 48.6 Å². The van der Waals surface area contributed by atoms with Crippen LogP contribution in [0.15, 0.2) is 48.6 Å². The standard InChI is InChI=1S/C16H18O11/c17-11(18)2-1-10(9-16(25,26)27)15(6-3-12(19)20,7-4-13(21)22)8-5-14(23)24/h1-8,10,25-27H,9H2,(H,17,18)(H,19,20)(H,21,22)(H,23,24). The van der Waals surface area contributed by atoms with Crippen molar-refractivity contribution < 1.29 is 54.9 Å². The van der Waals surface area contributed by atoms with Gasteiger partial charge in [-0.2, -0.15) is 0 Å². The lowest BCUT2D eigenvalue weighted by Crippen LogP contribution is -2.36. The molecule has 0 aliphatic heterocycles. The van der Waals surface area contributed by atoms with Crippen molar-refractivity contribution in [2.24, 2.45) is 11.3 Å². The zero-order valence-corrected chi connectivity index (χ0v) is 13.7. The van der Waals surface area contributed by atoms with Crippen LogP contribution in [0.2, 0.25) is 0 Å². The van der Waals surface area contributed by atoms with Gasteiger partial charge in [-0.05, 0) is 0 Å². The highest BCUT2D eigenvalue weighted by Crippen LogP contribution is 2.39. The van der Waals surface area contributed by atoms with E-state index in [1.807, 2.05) is 0 Å². The van der Waals surface area contributed by atoms with Gasteiger partial charge in [0.1, 0.15) is 0 Å². The zero-order valence-electron chi connectivity index (χ0n) is 13.7. The largest absolute Gasteiger partial charge is 0.478 e. The summed E-state index contributed by atoms with van der Waals surface area (Å²) in [4.78, 5) is 43.4. The molecule has 11 nitrogen and oxygen atoms in total. The van der Waals surface area contributed by atoms with Gasteiger partial charge in [0.2, 0.25) is 0 Å². The molecule has 0 aromatic carbocycles. The van der Waals surface area contributed by atoms with Gasteiger partial charge in [-0.3, -0.25) is 0 Å². The first kappa shape index (κ1) is 23.7. The molecule has 0 fully saturated rings. The second kappa shape index (κ2) is 10.0. The summed E-state index contributed by atoms with van der Waals surface area (Å²) in [6.45, 7) is 0. The average molecular weight is 386 g/mol. The molecule has 0 radical (unpaired) electrons. The number of aliphatic hydroxyl groups is 3. The summed E-state index contributed by atoms with van der Waals surface area (Å²) in [7, 11) is 0. The normalized spacial score (nSPS) is 16.1. The lowest BCUT2D eigenvalue weighted by Gasteiger charge is -2.33. The minimum Gasteiger partial charge on any atom is -0.478 e. The van der Waals surface area contributed by atoms with Gasteiger partial charge >= 0.3 is 23.9 Å². The van der Waals surface area contributed by atoms with Crippen molar-refractivity contribution >= 4 is 23.9 Å². The molecule has 7 N–H and O–H groups in total. The lowest BCUT2D eigenvalue weighted by molar-refractivity contribution is -0.319. The lowest BCUT2D eigenvalue weighted by atomic mass is 9.72. The number of hydrogen-bond acceptors (Lipinski definition) is 7. The van der Waals surface area contributed by atoms with E-state index in [1.54, 1.807) is 0 Å². The maximum Gasteiger partial charge on any atom is 0.328 e. The minimum atomic E-state index is -3.36. The van der Waals surface area contributed by atoms with Crippen LogP contribution in [-0.4, -0.2) is 65.6 Å². The molecule has 0 heterocycles. The number of rotatable bonds is 11. The van der Waals surface area contributed by atoms with Crippen LogP contribution in [0.4, 0.5) is 0 Å². The Hall–Kier alpha value is -3.28. The molecular formula is C16H18O11. The number of carbonyl (C=O) groups is 4. The molecule has 0 bridgehead atoms. The van der Waals surface area contributed by atoms with E-state index < -0.39 is 47.6 Å². The maximum absolute atomic E-state index is 10.9. The molecule has 0 rings (SSSR count). The van der Waals surface area contributed by atoms with Gasteiger partial charge in [0, 0.05) is 42.1 Å². The quantitative estimate of drug-likeness (QED) is 0.172. The van der Waals surface area contributed by atoms with Crippen LogP contribution in [0.5, 0.6) is 0 Å². The Morgan fingerprint density at radius 3 is 1.26 bits per heavy atom. The van der Waals surface area contributed by atoms with Crippen LogP contribution in [0, 0.1) is 11.3 Å². The van der Waals surface area contributed by atoms with Crippen molar-refractivity contribution in [1.29, 1.82) is 0 Å². The van der Waals surface area contributed by atoms with Crippen LogP contribution in [-0.2, 0) is 19.2 Å². The first-order valence-corrected chi connectivity index (χ1v) is 7.12. The SMILES string of the molecule is O=C(O)C=CC(CC(O)(O)O)C(C=CC(=O)O)(C=CC(=O)O)C=CC(=O)O. The third kappa shape index (κ3) is 10.3. The Kier molecular flexibility index (Phi) is 8.80. The smallest absolute Gasteiger partial charge is 0.328 e. The second-order valence-corrected chi connectivity index (χ2v) is 5.30. The van der Waals surface area contributed by atoms with E-state index >= 15 is 0 Å². The van der Waals surface area contributed by atoms with Crippen molar-refractivity contribution in [2.45, 2.75) is 12.4 Å². The molecule has 11 heteroatoms. The number of allylic oxidation sites excluding steroid dienone is 4. The number of carboxylic acids is 4. The predicted octanol–water partition coefficient (Wildman–Crippen LogP) is -0.827. The van der Waals surface area contributed by atoms with Crippen LogP contribution >= 0.6 is 0 Å². The van der Waals surface area contributed by atoms with E-state index in [0.29, 0.717) is 24.3 Å². The Morgan fingerprint density at radius 1 is 0.667 bits per heavy atom. The Morgan fingerprint density at radius 2 is 1.00 bits per heavy atom. The van der Waals surface area contributed by atoms with Gasteiger partial charge in [0.15, 0.2) is 0 Å². The molecule has 1 atom stereocenters. The Bertz CT molecular complexity index is 632. The van der Waals surface area contributed by atoms with E-state index in [-0.39, 0.29) is 0 Å². The summed E-state index contributed by atoms with van der Waals surface area (Å²) in [5, 5.41) is 63.1. The third-order valence-electron chi connectivity index (χ3n) is 3.15. The molecule has 148 valence electrons. The van der Waals surface area contributed by atoms with Crippen molar-refractivity contribution in [3.63, 3.8) is 0 Å². The molecule has 0 spiro atoms. The van der Waals surface area contributed by atoms with Gasteiger partial charge in [0.25, 0.3) is 5.97 Å². The minimum absolute atomic E-state index is 0.522. The summed E-state index contributed by atoms with van der Waals surface area (Å²) in [5.74, 6) is -10.8. The first-order chi connectivity index (χ1) is 12.3. The molecule has 0 saturated heterocycles. The highest BCUT2D eigenvalue weighted by atomic mass is 16.7. The van der Waals surface area contributed by atoms with Gasteiger partial charge in [-0.15, -0.1) is 0 Å². The van der Waals surface area contributed by atoms with Crippen molar-refractivity contribution in [3.8, 4) is 0 Å². The van der Waals surface area contributed by atoms with E-state index in [4.69, 9.17) is 20.4 Å². The maximum atomic E-state index is 10.9. The van der Waals surface area contributed by atoms with E-state index in [9.17, 15) is 34.5 Å². The second-order valence-electron chi connectivity index (χ2n) is 5.30. The fourth-order valence-corrected chi connectivity index (χ4v) is 2.09. The van der Waals surface area contributed by atoms with E-state index in [2.05, 4.69) is 0 Å². The first-order valence-electron chi connectivity index (χ1n) is 7.12. The monoisotopic (exact) mass is 386 g/mol. The summed E-state index contributed by atoms with van der Waals surface area (Å²) < 4.78 is 0. The van der Waals surface area contributed by atoms with Crippen molar-refractivity contribution in [2.75, 3.05) is 0 Å². The molecule has 0 aromatic heterocycles. The number of hydrogen-bond donors (Lipinski definition) is 7. The molecule has 27 heavy (non-hydrogen) atoms. The fourth-order valence-electron chi connectivity index (χ4n) is 2.09. The van der Waals surface area contributed by atoms with Crippen LogP contribution in [0.1, 0.15) is 6.42 Å². The molecule has 0 aliphatic carbocycles. The summed E-state index contributed by atoms with van der Waals surface area (Å²) in [5.41, 5.74) is -1.96. The number of carboxylic acid groups (broad SMARTS) is 4. The van der Waals surface area contributed by atoms with Crippen LogP contribution < -0.4 is 0 Å². The fraction of sp³-hybridized carbons (Fsp3) is 0.250. The molecule has 0 aliphatic rings.